The normalized spacial score (nSPS) is 16.6. The number of anilines is 1. The summed E-state index contributed by atoms with van der Waals surface area (Å²) in [4.78, 5) is 8.89. The first-order chi connectivity index (χ1) is 20.3. The first-order valence-electron chi connectivity index (χ1n) is 14.5. The van der Waals surface area contributed by atoms with Gasteiger partial charge in [-0.25, -0.2) is 22.7 Å². The van der Waals surface area contributed by atoms with Crippen molar-refractivity contribution in [3.63, 3.8) is 0 Å². The van der Waals surface area contributed by atoms with Crippen LogP contribution in [0.25, 0.3) is 11.4 Å². The van der Waals surface area contributed by atoms with Crippen LogP contribution in [0.5, 0.6) is 11.5 Å². The topological polar surface area (TPSA) is 131 Å². The first kappa shape index (κ1) is 32.8. The molecule has 2 unspecified atom stereocenters. The molecule has 0 amide bonds. The van der Waals surface area contributed by atoms with E-state index in [1.807, 2.05) is 43.5 Å². The summed E-state index contributed by atoms with van der Waals surface area (Å²) in [5, 5.41) is 8.03. The maximum Gasteiger partial charge on any atom is 0.243 e. The molecule has 0 radical (unpaired) electrons. The lowest BCUT2D eigenvalue weighted by Gasteiger charge is -2.33. The smallest absolute Gasteiger partial charge is 0.243 e. The number of fused-ring (bicyclic) bond motifs is 3. The summed E-state index contributed by atoms with van der Waals surface area (Å²) in [6, 6.07) is 5.75. The number of methoxy groups -OCH3 is 2. The van der Waals surface area contributed by atoms with Gasteiger partial charge in [0.05, 0.1) is 31.4 Å². The van der Waals surface area contributed by atoms with Crippen LogP contribution in [-0.4, -0.2) is 86.6 Å². The Balaban J connectivity index is 1.88. The van der Waals surface area contributed by atoms with Crippen molar-refractivity contribution in [2.75, 3.05) is 38.3 Å². The van der Waals surface area contributed by atoms with Gasteiger partial charge >= 0.3 is 0 Å². The van der Waals surface area contributed by atoms with Gasteiger partial charge < -0.3 is 18.9 Å². The third-order valence-electron chi connectivity index (χ3n) is 7.23. The molecule has 1 aliphatic heterocycles. The van der Waals surface area contributed by atoms with Gasteiger partial charge in [-0.15, -0.1) is 10.2 Å². The number of hydrogen-bond acceptors (Lipinski definition) is 10. The third kappa shape index (κ3) is 7.36. The second-order valence-corrected chi connectivity index (χ2v) is 20.2. The van der Waals surface area contributed by atoms with Crippen molar-refractivity contribution in [3.8, 4) is 22.9 Å². The van der Waals surface area contributed by atoms with Crippen LogP contribution in [0, 0.1) is 6.92 Å². The number of benzene rings is 1. The largest absolute Gasteiger partial charge is 0.497 e. The minimum Gasteiger partial charge on any atom is -0.497 e. The van der Waals surface area contributed by atoms with E-state index in [9.17, 15) is 8.42 Å². The van der Waals surface area contributed by atoms with Crippen LogP contribution in [0.2, 0.25) is 25.7 Å². The second-order valence-electron chi connectivity index (χ2n) is 12.3. The molecule has 0 spiro atoms. The lowest BCUT2D eigenvalue weighted by molar-refractivity contribution is 0.00139. The molecule has 3 atom stereocenters. The van der Waals surface area contributed by atoms with Gasteiger partial charge in [0.25, 0.3) is 0 Å². The van der Waals surface area contributed by atoms with Crippen LogP contribution in [0.15, 0.2) is 30.6 Å². The number of aryl methyl sites for hydroxylation is 1. The molecule has 0 saturated carbocycles. The lowest BCUT2D eigenvalue weighted by Crippen LogP contribution is -2.45. The molecule has 3 aromatic rings. The Morgan fingerprint density at radius 1 is 1.12 bits per heavy atom. The van der Waals surface area contributed by atoms with Gasteiger partial charge in [0, 0.05) is 34.1 Å². The molecule has 14 heteroatoms. The molecular formula is C29H44N6O6SSi. The van der Waals surface area contributed by atoms with E-state index in [4.69, 9.17) is 18.9 Å². The number of rotatable bonds is 13. The maximum atomic E-state index is 14.7. The zero-order valence-electron chi connectivity index (χ0n) is 26.6. The van der Waals surface area contributed by atoms with Gasteiger partial charge in [-0.05, 0) is 57.5 Å². The van der Waals surface area contributed by atoms with Crippen LogP contribution in [0.4, 0.5) is 5.95 Å². The van der Waals surface area contributed by atoms with Crippen LogP contribution in [0.1, 0.15) is 44.3 Å². The fourth-order valence-corrected chi connectivity index (χ4v) is 7.50. The average Bonchev–Trinajstić information content (AvgIpc) is 3.31. The monoisotopic (exact) mass is 632 g/mol. The van der Waals surface area contributed by atoms with Crippen LogP contribution in [-0.2, 0) is 19.5 Å². The van der Waals surface area contributed by atoms with Crippen LogP contribution < -0.4 is 13.8 Å². The SMILES string of the molecule is COC[C@@H]1COc2ccc(OC)cc2-c2nnc(N(CC[Si](C)(C)C)S(=O)(=O)C(C)C(OC(C)C)c3ncc(C)cn3)n21. The summed E-state index contributed by atoms with van der Waals surface area (Å²) in [5.74, 6) is 2.21. The zero-order valence-corrected chi connectivity index (χ0v) is 28.4. The summed E-state index contributed by atoms with van der Waals surface area (Å²) in [6.07, 6.45) is 2.17. The maximum absolute atomic E-state index is 14.7. The lowest BCUT2D eigenvalue weighted by atomic mass is 10.1. The van der Waals surface area contributed by atoms with E-state index in [0.29, 0.717) is 34.8 Å². The van der Waals surface area contributed by atoms with Gasteiger partial charge in [0.15, 0.2) is 11.6 Å². The highest BCUT2D eigenvalue weighted by atomic mass is 32.2. The molecule has 4 rings (SSSR count). The molecule has 43 heavy (non-hydrogen) atoms. The predicted molar refractivity (Wildman–Crippen MR) is 168 cm³/mol. The highest BCUT2D eigenvalue weighted by Crippen LogP contribution is 2.40. The molecule has 0 saturated heterocycles. The van der Waals surface area contributed by atoms with Gasteiger partial charge in [0.1, 0.15) is 29.5 Å². The average molecular weight is 633 g/mol. The molecule has 2 aromatic heterocycles. The minimum absolute atomic E-state index is 0.203. The molecule has 0 N–H and O–H groups in total. The highest BCUT2D eigenvalue weighted by molar-refractivity contribution is 7.93. The number of sulfonamides is 1. The molecule has 1 aliphatic rings. The van der Waals surface area contributed by atoms with Gasteiger partial charge in [0.2, 0.25) is 16.0 Å². The number of ether oxygens (including phenoxy) is 4. The Labute approximate surface area is 255 Å². The molecule has 0 bridgehead atoms. The fraction of sp³-hybridized carbons (Fsp3) is 0.586. The molecule has 3 heterocycles. The Bertz CT molecular complexity index is 1490. The van der Waals surface area contributed by atoms with Crippen molar-refractivity contribution >= 4 is 24.0 Å². The Hall–Kier alpha value is -3.07. The van der Waals surface area contributed by atoms with E-state index in [1.165, 1.54) is 4.31 Å². The summed E-state index contributed by atoms with van der Waals surface area (Å²) >= 11 is 0. The second kappa shape index (κ2) is 13.3. The van der Waals surface area contributed by atoms with Crippen molar-refractivity contribution in [2.45, 2.75) is 76.9 Å². The number of nitrogens with zero attached hydrogens (tertiary/aromatic N) is 6. The number of aromatic nitrogens is 5. The van der Waals surface area contributed by atoms with Crippen LogP contribution in [0.3, 0.4) is 0 Å². The van der Waals surface area contributed by atoms with E-state index >= 15 is 0 Å². The summed E-state index contributed by atoms with van der Waals surface area (Å²) in [7, 11) is -2.62. The zero-order chi connectivity index (χ0) is 31.5. The molecule has 1 aromatic carbocycles. The van der Waals surface area contributed by atoms with E-state index < -0.39 is 35.5 Å². The van der Waals surface area contributed by atoms with E-state index in [1.54, 1.807) is 33.5 Å². The summed E-state index contributed by atoms with van der Waals surface area (Å²) < 4.78 is 56.1. The molecular weight excluding hydrogens is 589 g/mol. The van der Waals surface area contributed by atoms with Crippen molar-refractivity contribution < 1.29 is 27.4 Å². The van der Waals surface area contributed by atoms with Gasteiger partial charge in [-0.3, -0.25) is 4.57 Å². The number of hydrogen-bond donors (Lipinski definition) is 0. The Kier molecular flexibility index (Phi) is 10.1. The Morgan fingerprint density at radius 3 is 2.42 bits per heavy atom. The quantitative estimate of drug-likeness (QED) is 0.245. The van der Waals surface area contributed by atoms with E-state index in [0.717, 1.165) is 5.56 Å². The fourth-order valence-electron chi connectivity index (χ4n) is 4.84. The van der Waals surface area contributed by atoms with Crippen LogP contribution >= 0.6 is 0 Å². The van der Waals surface area contributed by atoms with E-state index in [2.05, 4.69) is 39.8 Å². The molecule has 236 valence electrons. The third-order valence-corrected chi connectivity index (χ3v) is 11.1. The molecule has 0 fully saturated rings. The van der Waals surface area contributed by atoms with E-state index in [-0.39, 0.29) is 31.8 Å². The minimum atomic E-state index is -4.10. The highest BCUT2D eigenvalue weighted by Gasteiger charge is 2.42. The van der Waals surface area contributed by atoms with Gasteiger partial charge in [-0.1, -0.05) is 19.6 Å². The standard InChI is InChI=1S/C29H44N6O6SSi/c1-19(2)41-26(27-30-15-20(3)16-31-27)21(4)42(36,37)34(12-13-43(7,8)9)29-33-32-28-24-14-23(39-6)10-11-25(24)40-18-22(17-38-5)35(28)29/h10-11,14-16,19,21-22,26H,12-13,17-18H2,1-9H3/t21?,22-,26?/m1/s1. The van der Waals surface area contributed by atoms with Crippen molar-refractivity contribution in [2.24, 2.45) is 0 Å². The summed E-state index contributed by atoms with van der Waals surface area (Å²) in [6.45, 7) is 14.6. The Morgan fingerprint density at radius 2 is 1.81 bits per heavy atom. The molecule has 12 nitrogen and oxygen atoms in total. The van der Waals surface area contributed by atoms with Crippen molar-refractivity contribution in [1.82, 2.24) is 24.7 Å². The first-order valence-corrected chi connectivity index (χ1v) is 19.7. The van der Waals surface area contributed by atoms with Crippen molar-refractivity contribution in [3.05, 3.63) is 42.0 Å². The van der Waals surface area contributed by atoms with Crippen molar-refractivity contribution in [1.29, 1.82) is 0 Å². The molecule has 0 aliphatic carbocycles. The van der Waals surface area contributed by atoms with Gasteiger partial charge in [-0.2, -0.15) is 0 Å². The predicted octanol–water partition coefficient (Wildman–Crippen LogP) is 4.66. The summed E-state index contributed by atoms with van der Waals surface area (Å²) in [5.41, 5.74) is 1.52.